The Morgan fingerprint density at radius 1 is 1.47 bits per heavy atom. The largest absolute Gasteiger partial charge is 0.497 e. The number of methoxy groups -OCH3 is 1. The van der Waals surface area contributed by atoms with Gasteiger partial charge in [0.15, 0.2) is 0 Å². The Labute approximate surface area is 108 Å². The molecule has 0 saturated heterocycles. The molecule has 1 heterocycles. The minimum Gasteiger partial charge on any atom is -0.497 e. The third-order valence-corrected chi connectivity index (χ3v) is 4.60. The van der Waals surface area contributed by atoms with Crippen molar-refractivity contribution in [2.75, 3.05) is 19.4 Å². The average Bonchev–Trinajstić information content (AvgIpc) is 2.37. The molecular formula is C14H21NOS. The minimum atomic E-state index is 0.497. The van der Waals surface area contributed by atoms with E-state index in [0.717, 1.165) is 12.3 Å². The van der Waals surface area contributed by atoms with Gasteiger partial charge in [0.1, 0.15) is 5.75 Å². The first-order chi connectivity index (χ1) is 8.26. The summed E-state index contributed by atoms with van der Waals surface area (Å²) in [6, 6.07) is 6.94. The summed E-state index contributed by atoms with van der Waals surface area (Å²) in [6.45, 7) is 5.63. The van der Waals surface area contributed by atoms with E-state index in [9.17, 15) is 0 Å². The number of hydrogen-bond donors (Lipinski definition) is 1. The second-order valence-corrected chi connectivity index (χ2v) is 5.69. The highest BCUT2D eigenvalue weighted by atomic mass is 32.2. The van der Waals surface area contributed by atoms with Gasteiger partial charge in [-0.05, 0) is 36.6 Å². The lowest BCUT2D eigenvalue weighted by molar-refractivity contribution is 0.398. The van der Waals surface area contributed by atoms with E-state index in [-0.39, 0.29) is 0 Å². The summed E-state index contributed by atoms with van der Waals surface area (Å²) in [6.07, 6.45) is 1.18. The molecule has 2 unspecified atom stereocenters. The molecule has 17 heavy (non-hydrogen) atoms. The molecule has 0 bridgehead atoms. The Morgan fingerprint density at radius 3 is 3.00 bits per heavy atom. The van der Waals surface area contributed by atoms with Crippen LogP contribution in [0.25, 0.3) is 0 Å². The number of benzene rings is 1. The van der Waals surface area contributed by atoms with Crippen molar-refractivity contribution in [2.45, 2.75) is 31.2 Å². The van der Waals surface area contributed by atoms with Crippen LogP contribution < -0.4 is 10.1 Å². The van der Waals surface area contributed by atoms with Crippen LogP contribution in [0.4, 0.5) is 0 Å². The normalized spacial score (nSPS) is 23.2. The fraction of sp³-hybridized carbons (Fsp3) is 0.571. The molecule has 0 saturated carbocycles. The van der Waals surface area contributed by atoms with Gasteiger partial charge >= 0.3 is 0 Å². The summed E-state index contributed by atoms with van der Waals surface area (Å²) in [5, 5.41) is 3.66. The molecule has 1 aromatic rings. The quantitative estimate of drug-likeness (QED) is 0.885. The second kappa shape index (κ2) is 5.78. The smallest absolute Gasteiger partial charge is 0.119 e. The van der Waals surface area contributed by atoms with Crippen LogP contribution in [0, 0.1) is 5.92 Å². The Hall–Kier alpha value is -0.670. The first kappa shape index (κ1) is 12.8. The summed E-state index contributed by atoms with van der Waals surface area (Å²) in [5.41, 5.74) is 1.43. The zero-order valence-corrected chi connectivity index (χ0v) is 11.6. The van der Waals surface area contributed by atoms with Gasteiger partial charge in [-0.1, -0.05) is 19.9 Å². The Balaban J connectivity index is 2.24. The molecule has 0 spiro atoms. The third kappa shape index (κ3) is 2.78. The molecular weight excluding hydrogens is 230 g/mol. The molecule has 0 radical (unpaired) electrons. The predicted molar refractivity (Wildman–Crippen MR) is 73.9 cm³/mol. The number of nitrogens with one attached hydrogen (secondary N) is 1. The zero-order chi connectivity index (χ0) is 12.3. The Kier molecular flexibility index (Phi) is 4.35. The topological polar surface area (TPSA) is 21.3 Å². The molecule has 2 rings (SSSR count). The van der Waals surface area contributed by atoms with E-state index >= 15 is 0 Å². The Morgan fingerprint density at radius 2 is 2.29 bits per heavy atom. The molecule has 0 aromatic heterocycles. The number of thioether (sulfide) groups is 1. The van der Waals surface area contributed by atoms with Crippen LogP contribution in [0.15, 0.2) is 23.1 Å². The lowest BCUT2D eigenvalue weighted by Crippen LogP contribution is -2.31. The van der Waals surface area contributed by atoms with Gasteiger partial charge in [-0.25, -0.2) is 0 Å². The molecule has 2 atom stereocenters. The summed E-state index contributed by atoms with van der Waals surface area (Å²) in [4.78, 5) is 1.37. The number of ether oxygens (including phenoxy) is 1. The number of hydrogen-bond acceptors (Lipinski definition) is 3. The van der Waals surface area contributed by atoms with Gasteiger partial charge in [0.25, 0.3) is 0 Å². The maximum absolute atomic E-state index is 5.29. The minimum absolute atomic E-state index is 0.497. The van der Waals surface area contributed by atoms with Crippen LogP contribution >= 0.6 is 11.8 Å². The van der Waals surface area contributed by atoms with E-state index in [2.05, 4.69) is 37.4 Å². The van der Waals surface area contributed by atoms with Crippen LogP contribution in [-0.4, -0.2) is 19.4 Å². The standard InChI is InChI=1S/C14H21NOS/c1-4-7-15-14-10(2)9-17-13-8-11(16-3)5-6-12(13)14/h5-6,8,10,14-15H,4,7,9H2,1-3H3. The van der Waals surface area contributed by atoms with Crippen LogP contribution in [0.2, 0.25) is 0 Å². The van der Waals surface area contributed by atoms with Gasteiger partial charge in [0, 0.05) is 16.7 Å². The van der Waals surface area contributed by atoms with Crippen molar-refractivity contribution in [1.29, 1.82) is 0 Å². The molecule has 0 fully saturated rings. The molecule has 94 valence electrons. The third-order valence-electron chi connectivity index (χ3n) is 3.24. The van der Waals surface area contributed by atoms with E-state index in [1.807, 2.05) is 11.8 Å². The molecule has 1 aliphatic rings. The van der Waals surface area contributed by atoms with Crippen LogP contribution in [0.5, 0.6) is 5.75 Å². The van der Waals surface area contributed by atoms with Crippen LogP contribution in [0.3, 0.4) is 0 Å². The van der Waals surface area contributed by atoms with Gasteiger partial charge in [-0.3, -0.25) is 0 Å². The number of rotatable bonds is 4. The Bertz CT molecular complexity index is 380. The molecule has 3 heteroatoms. The maximum atomic E-state index is 5.29. The highest BCUT2D eigenvalue weighted by Gasteiger charge is 2.26. The molecule has 2 nitrogen and oxygen atoms in total. The maximum Gasteiger partial charge on any atom is 0.119 e. The second-order valence-electron chi connectivity index (χ2n) is 4.62. The first-order valence-electron chi connectivity index (χ1n) is 6.30. The van der Waals surface area contributed by atoms with Crippen LogP contribution in [0.1, 0.15) is 31.9 Å². The van der Waals surface area contributed by atoms with Gasteiger partial charge in [-0.2, -0.15) is 0 Å². The van der Waals surface area contributed by atoms with Gasteiger partial charge in [0.05, 0.1) is 7.11 Å². The van der Waals surface area contributed by atoms with Crippen molar-refractivity contribution in [2.24, 2.45) is 5.92 Å². The fourth-order valence-electron chi connectivity index (χ4n) is 2.26. The monoisotopic (exact) mass is 251 g/mol. The summed E-state index contributed by atoms with van der Waals surface area (Å²) < 4.78 is 5.29. The fourth-order valence-corrected chi connectivity index (χ4v) is 3.45. The first-order valence-corrected chi connectivity index (χ1v) is 7.29. The molecule has 1 aliphatic heterocycles. The molecule has 1 aromatic carbocycles. The van der Waals surface area contributed by atoms with Crippen molar-refractivity contribution < 1.29 is 4.74 Å². The van der Waals surface area contributed by atoms with Crippen molar-refractivity contribution in [3.8, 4) is 5.75 Å². The van der Waals surface area contributed by atoms with Crippen molar-refractivity contribution in [3.05, 3.63) is 23.8 Å². The van der Waals surface area contributed by atoms with Crippen LogP contribution in [-0.2, 0) is 0 Å². The summed E-state index contributed by atoms with van der Waals surface area (Å²) in [5.74, 6) is 2.83. The molecule has 1 N–H and O–H groups in total. The van der Waals surface area contributed by atoms with E-state index in [0.29, 0.717) is 12.0 Å². The average molecular weight is 251 g/mol. The predicted octanol–water partition coefficient (Wildman–Crippen LogP) is 3.48. The highest BCUT2D eigenvalue weighted by Crippen LogP contribution is 2.40. The summed E-state index contributed by atoms with van der Waals surface area (Å²) in [7, 11) is 1.73. The molecule has 0 amide bonds. The van der Waals surface area contributed by atoms with E-state index < -0.39 is 0 Å². The lowest BCUT2D eigenvalue weighted by Gasteiger charge is -2.32. The SMILES string of the molecule is CCCNC1c2ccc(OC)cc2SCC1C. The lowest BCUT2D eigenvalue weighted by atomic mass is 9.95. The van der Waals surface area contributed by atoms with E-state index in [4.69, 9.17) is 4.74 Å². The van der Waals surface area contributed by atoms with E-state index in [1.165, 1.54) is 22.6 Å². The zero-order valence-electron chi connectivity index (χ0n) is 10.8. The van der Waals surface area contributed by atoms with Crippen molar-refractivity contribution in [1.82, 2.24) is 5.32 Å². The van der Waals surface area contributed by atoms with E-state index in [1.54, 1.807) is 7.11 Å². The highest BCUT2D eigenvalue weighted by molar-refractivity contribution is 7.99. The van der Waals surface area contributed by atoms with Crippen molar-refractivity contribution in [3.63, 3.8) is 0 Å². The number of fused-ring (bicyclic) bond motifs is 1. The van der Waals surface area contributed by atoms with Gasteiger partial charge < -0.3 is 10.1 Å². The van der Waals surface area contributed by atoms with Gasteiger partial charge in [0.2, 0.25) is 0 Å². The van der Waals surface area contributed by atoms with Gasteiger partial charge in [-0.15, -0.1) is 11.8 Å². The van der Waals surface area contributed by atoms with Crippen molar-refractivity contribution >= 4 is 11.8 Å². The molecule has 0 aliphatic carbocycles. The summed E-state index contributed by atoms with van der Waals surface area (Å²) >= 11 is 1.94.